The first-order valence-electron chi connectivity index (χ1n) is 5.16. The van der Waals surface area contributed by atoms with E-state index in [1.807, 2.05) is 11.6 Å². The van der Waals surface area contributed by atoms with E-state index in [2.05, 4.69) is 22.1 Å². The number of nitrogens with zero attached hydrogens (tertiary/aromatic N) is 1. The molecule has 2 nitrogen and oxygen atoms in total. The maximum Gasteiger partial charge on any atom is 0.106 e. The number of thioether (sulfide) groups is 1. The van der Waals surface area contributed by atoms with E-state index in [9.17, 15) is 0 Å². The van der Waals surface area contributed by atoms with Crippen LogP contribution in [0.15, 0.2) is 11.6 Å². The van der Waals surface area contributed by atoms with Crippen LogP contribution in [0.3, 0.4) is 0 Å². The maximum atomic E-state index is 4.25. The number of aromatic nitrogens is 1. The third kappa shape index (κ3) is 3.26. The Morgan fingerprint density at radius 3 is 3.21 bits per heavy atom. The Labute approximate surface area is 93.5 Å². The van der Waals surface area contributed by atoms with Crippen LogP contribution in [0.2, 0.25) is 0 Å². The van der Waals surface area contributed by atoms with E-state index in [1.54, 1.807) is 11.3 Å². The van der Waals surface area contributed by atoms with Crippen LogP contribution >= 0.6 is 23.1 Å². The van der Waals surface area contributed by atoms with E-state index < -0.39 is 0 Å². The number of rotatable bonds is 4. The van der Waals surface area contributed by atoms with Crippen LogP contribution in [0, 0.1) is 0 Å². The van der Waals surface area contributed by atoms with Crippen LogP contribution < -0.4 is 5.32 Å². The summed E-state index contributed by atoms with van der Waals surface area (Å²) in [6.45, 7) is 2.08. The smallest absolute Gasteiger partial charge is 0.106 e. The van der Waals surface area contributed by atoms with Gasteiger partial charge in [-0.25, -0.2) is 4.98 Å². The summed E-state index contributed by atoms with van der Waals surface area (Å²) in [5, 5.41) is 7.56. The van der Waals surface area contributed by atoms with Gasteiger partial charge in [0.25, 0.3) is 0 Å². The van der Waals surface area contributed by atoms with Crippen molar-refractivity contribution < 1.29 is 0 Å². The number of nitrogens with one attached hydrogen (secondary N) is 1. The van der Waals surface area contributed by atoms with Crippen molar-refractivity contribution in [3.8, 4) is 0 Å². The van der Waals surface area contributed by atoms with Gasteiger partial charge >= 0.3 is 0 Å². The summed E-state index contributed by atoms with van der Waals surface area (Å²) in [6, 6.07) is 0. The lowest BCUT2D eigenvalue weighted by atomic mass is 10.2. The number of hydrogen-bond donors (Lipinski definition) is 1. The molecule has 0 radical (unpaired) electrons. The molecule has 1 unspecified atom stereocenters. The first-order chi connectivity index (χ1) is 6.95. The summed E-state index contributed by atoms with van der Waals surface area (Å²) in [6.07, 6.45) is 6.08. The molecule has 1 atom stereocenters. The van der Waals surface area contributed by atoms with Crippen LogP contribution in [-0.4, -0.2) is 22.5 Å². The van der Waals surface area contributed by atoms with Gasteiger partial charge in [0.2, 0.25) is 0 Å². The highest BCUT2D eigenvalue weighted by atomic mass is 32.2. The van der Waals surface area contributed by atoms with Crippen LogP contribution in [-0.2, 0) is 6.54 Å². The van der Waals surface area contributed by atoms with Crippen LogP contribution in [0.25, 0.3) is 0 Å². The van der Waals surface area contributed by atoms with Crippen LogP contribution in [0.5, 0.6) is 0 Å². The van der Waals surface area contributed by atoms with Crippen molar-refractivity contribution in [1.29, 1.82) is 0 Å². The minimum Gasteiger partial charge on any atom is -0.309 e. The van der Waals surface area contributed by atoms with Gasteiger partial charge in [-0.05, 0) is 18.6 Å². The molecule has 1 aliphatic rings. The van der Waals surface area contributed by atoms with Crippen LogP contribution in [0.4, 0.5) is 0 Å². The van der Waals surface area contributed by atoms with Gasteiger partial charge in [0.15, 0.2) is 0 Å². The molecule has 4 heteroatoms. The van der Waals surface area contributed by atoms with Gasteiger partial charge in [-0.2, -0.15) is 11.8 Å². The second-order valence-electron chi connectivity index (χ2n) is 3.55. The summed E-state index contributed by atoms with van der Waals surface area (Å²) in [5.41, 5.74) is 0. The monoisotopic (exact) mass is 228 g/mol. The van der Waals surface area contributed by atoms with Gasteiger partial charge in [-0.3, -0.25) is 0 Å². The lowest BCUT2D eigenvalue weighted by molar-refractivity contribution is 0.597. The zero-order valence-corrected chi connectivity index (χ0v) is 9.87. The van der Waals surface area contributed by atoms with Gasteiger partial charge < -0.3 is 5.32 Å². The van der Waals surface area contributed by atoms with Crippen molar-refractivity contribution >= 4 is 23.1 Å². The summed E-state index contributed by atoms with van der Waals surface area (Å²) in [4.78, 5) is 4.25. The lowest BCUT2D eigenvalue weighted by Crippen LogP contribution is -2.26. The van der Waals surface area contributed by atoms with E-state index >= 15 is 0 Å². The highest BCUT2D eigenvalue weighted by molar-refractivity contribution is 7.99. The molecule has 0 aromatic carbocycles. The quantitative estimate of drug-likeness (QED) is 0.857. The molecule has 14 heavy (non-hydrogen) atoms. The fourth-order valence-corrected chi connectivity index (χ4v) is 3.51. The Kier molecular flexibility index (Phi) is 4.28. The second kappa shape index (κ2) is 5.73. The van der Waals surface area contributed by atoms with Crippen molar-refractivity contribution in [3.63, 3.8) is 0 Å². The number of thiazole rings is 1. The molecule has 1 fully saturated rings. The largest absolute Gasteiger partial charge is 0.309 e. The van der Waals surface area contributed by atoms with E-state index in [4.69, 9.17) is 0 Å². The molecule has 1 saturated heterocycles. The Morgan fingerprint density at radius 2 is 2.50 bits per heavy atom. The highest BCUT2D eigenvalue weighted by Gasteiger charge is 2.12. The summed E-state index contributed by atoms with van der Waals surface area (Å²) >= 11 is 3.85. The first kappa shape index (κ1) is 10.5. The summed E-state index contributed by atoms with van der Waals surface area (Å²) in [7, 11) is 0. The average molecular weight is 228 g/mol. The molecule has 2 heterocycles. The van der Waals surface area contributed by atoms with Crippen molar-refractivity contribution in [2.45, 2.75) is 31.1 Å². The molecule has 0 saturated carbocycles. The Balaban J connectivity index is 1.62. The van der Waals surface area contributed by atoms with Crippen molar-refractivity contribution in [3.05, 3.63) is 16.6 Å². The van der Waals surface area contributed by atoms with Gasteiger partial charge in [0.05, 0.1) is 0 Å². The average Bonchev–Trinajstić information content (AvgIpc) is 2.72. The van der Waals surface area contributed by atoms with Crippen LogP contribution in [0.1, 0.15) is 24.3 Å². The zero-order chi connectivity index (χ0) is 9.64. The Morgan fingerprint density at radius 1 is 1.50 bits per heavy atom. The minimum atomic E-state index is 0.837. The normalized spacial score (nSPS) is 22.4. The second-order valence-corrected chi connectivity index (χ2v) is 5.93. The fourth-order valence-electron chi connectivity index (χ4n) is 1.65. The third-order valence-electron chi connectivity index (χ3n) is 2.41. The summed E-state index contributed by atoms with van der Waals surface area (Å²) < 4.78 is 0. The molecule has 2 rings (SSSR count). The van der Waals surface area contributed by atoms with E-state index in [0.717, 1.165) is 18.3 Å². The Bertz CT molecular complexity index is 243. The van der Waals surface area contributed by atoms with Gasteiger partial charge in [0, 0.05) is 29.9 Å². The molecule has 78 valence electrons. The molecule has 0 aliphatic carbocycles. The Hall–Kier alpha value is -0.0600. The zero-order valence-electron chi connectivity index (χ0n) is 8.24. The number of hydrogen-bond acceptors (Lipinski definition) is 4. The van der Waals surface area contributed by atoms with Gasteiger partial charge in [0.1, 0.15) is 5.01 Å². The van der Waals surface area contributed by atoms with Crippen molar-refractivity contribution in [2.24, 2.45) is 0 Å². The van der Waals surface area contributed by atoms with Gasteiger partial charge in [-0.15, -0.1) is 11.3 Å². The lowest BCUT2D eigenvalue weighted by Gasteiger charge is -2.21. The SMILES string of the molecule is c1csc(CNCC2CCCCS2)n1. The molecule has 0 bridgehead atoms. The molecule has 0 amide bonds. The van der Waals surface area contributed by atoms with E-state index in [0.29, 0.717) is 0 Å². The van der Waals surface area contributed by atoms with Crippen molar-refractivity contribution in [2.75, 3.05) is 12.3 Å². The predicted octanol–water partition coefficient (Wildman–Crippen LogP) is 2.52. The highest BCUT2D eigenvalue weighted by Crippen LogP contribution is 2.24. The minimum absolute atomic E-state index is 0.837. The fraction of sp³-hybridized carbons (Fsp3) is 0.700. The molecule has 1 aromatic rings. The molecule has 0 spiro atoms. The molecule has 1 aliphatic heterocycles. The maximum absolute atomic E-state index is 4.25. The molecular weight excluding hydrogens is 212 g/mol. The molecule has 1 aromatic heterocycles. The van der Waals surface area contributed by atoms with E-state index in [1.165, 1.54) is 30.0 Å². The van der Waals surface area contributed by atoms with E-state index in [-0.39, 0.29) is 0 Å². The topological polar surface area (TPSA) is 24.9 Å². The third-order valence-corrected chi connectivity index (χ3v) is 4.58. The van der Waals surface area contributed by atoms with Crippen molar-refractivity contribution in [1.82, 2.24) is 10.3 Å². The molecule has 1 N–H and O–H groups in total. The first-order valence-corrected chi connectivity index (χ1v) is 7.08. The summed E-state index contributed by atoms with van der Waals surface area (Å²) in [5.74, 6) is 1.35. The van der Waals surface area contributed by atoms with Gasteiger partial charge in [-0.1, -0.05) is 6.42 Å². The standard InChI is InChI=1S/C10H16N2S2/c1-2-5-13-9(3-1)7-11-8-10-12-4-6-14-10/h4,6,9,11H,1-3,5,7-8H2. The predicted molar refractivity (Wildman–Crippen MR) is 63.9 cm³/mol. The molecular formula is C10H16N2S2.